The average molecular weight is 478 g/mol. The number of aromatic nitrogens is 4. The smallest absolute Gasteiger partial charge is 0.262 e. The van der Waals surface area contributed by atoms with Gasteiger partial charge >= 0.3 is 0 Å². The summed E-state index contributed by atoms with van der Waals surface area (Å²) in [5, 5.41) is 12.3. The SMILES string of the molecule is CC(C)CCn1c(=O)c2ccccc2n2c(CSCC(=O)Nc3ccc(C(C)C)cc3)nnc12. The molecule has 0 spiro atoms. The fourth-order valence-corrected chi connectivity index (χ4v) is 4.61. The number of amides is 1. The van der Waals surface area contributed by atoms with Crippen molar-refractivity contribution in [1.29, 1.82) is 0 Å². The predicted octanol–water partition coefficient (Wildman–Crippen LogP) is 5.09. The Morgan fingerprint density at radius 2 is 1.76 bits per heavy atom. The van der Waals surface area contributed by atoms with Crippen LogP contribution in [0, 0.1) is 5.92 Å². The lowest BCUT2D eigenvalue weighted by atomic mass is 10.0. The highest BCUT2D eigenvalue weighted by Crippen LogP contribution is 2.20. The zero-order valence-electron chi connectivity index (χ0n) is 20.1. The standard InChI is InChI=1S/C26H31N5O2S/c1-17(2)13-14-30-25(33)21-7-5-6-8-22(21)31-23(28-29-26(30)31)15-34-16-24(32)27-20-11-9-19(10-12-20)18(3)4/h5-12,17-18H,13-16H2,1-4H3,(H,27,32). The van der Waals surface area contributed by atoms with Crippen molar-refractivity contribution in [3.05, 3.63) is 70.3 Å². The van der Waals surface area contributed by atoms with E-state index in [-0.39, 0.29) is 11.5 Å². The summed E-state index contributed by atoms with van der Waals surface area (Å²) >= 11 is 1.48. The van der Waals surface area contributed by atoms with Gasteiger partial charge in [-0.15, -0.1) is 22.0 Å². The van der Waals surface area contributed by atoms with Crippen molar-refractivity contribution in [3.8, 4) is 0 Å². The molecule has 2 aromatic heterocycles. The summed E-state index contributed by atoms with van der Waals surface area (Å²) in [4.78, 5) is 25.6. The molecule has 1 N–H and O–H groups in total. The molecule has 2 heterocycles. The van der Waals surface area contributed by atoms with E-state index in [0.29, 0.717) is 41.1 Å². The molecule has 4 rings (SSSR count). The molecule has 0 atom stereocenters. The summed E-state index contributed by atoms with van der Waals surface area (Å²) in [5.41, 5.74) is 2.78. The average Bonchev–Trinajstić information content (AvgIpc) is 3.23. The van der Waals surface area contributed by atoms with Crippen LogP contribution in [0.3, 0.4) is 0 Å². The lowest BCUT2D eigenvalue weighted by molar-refractivity contribution is -0.113. The van der Waals surface area contributed by atoms with Crippen LogP contribution in [0.1, 0.15) is 51.4 Å². The van der Waals surface area contributed by atoms with Crippen molar-refractivity contribution in [3.63, 3.8) is 0 Å². The quantitative estimate of drug-likeness (QED) is 0.363. The molecule has 0 bridgehead atoms. The van der Waals surface area contributed by atoms with Gasteiger partial charge in [0.1, 0.15) is 5.82 Å². The number of thioether (sulfide) groups is 1. The molecular formula is C26H31N5O2S. The molecule has 178 valence electrons. The van der Waals surface area contributed by atoms with Gasteiger partial charge in [0.25, 0.3) is 5.56 Å². The Morgan fingerprint density at radius 1 is 1.03 bits per heavy atom. The van der Waals surface area contributed by atoms with Crippen LogP contribution >= 0.6 is 11.8 Å². The number of anilines is 1. The predicted molar refractivity (Wildman–Crippen MR) is 140 cm³/mol. The van der Waals surface area contributed by atoms with Gasteiger partial charge in [-0.05, 0) is 48.1 Å². The minimum atomic E-state index is -0.0604. The van der Waals surface area contributed by atoms with E-state index >= 15 is 0 Å². The lowest BCUT2D eigenvalue weighted by Gasteiger charge is -2.12. The maximum absolute atomic E-state index is 13.1. The number of hydrogen-bond acceptors (Lipinski definition) is 5. The number of rotatable bonds is 9. The van der Waals surface area contributed by atoms with Crippen LogP contribution in [-0.2, 0) is 17.1 Å². The highest BCUT2D eigenvalue weighted by Gasteiger charge is 2.17. The van der Waals surface area contributed by atoms with Gasteiger partial charge in [0.05, 0.1) is 22.4 Å². The first kappa shape index (κ1) is 24.0. The van der Waals surface area contributed by atoms with Crippen molar-refractivity contribution < 1.29 is 4.79 Å². The summed E-state index contributed by atoms with van der Waals surface area (Å²) in [5.74, 6) is 2.94. The van der Waals surface area contributed by atoms with E-state index in [2.05, 4.69) is 43.2 Å². The van der Waals surface area contributed by atoms with Crippen molar-refractivity contribution in [1.82, 2.24) is 19.2 Å². The molecular weight excluding hydrogens is 446 g/mol. The zero-order chi connectivity index (χ0) is 24.2. The summed E-state index contributed by atoms with van der Waals surface area (Å²) in [6.45, 7) is 9.16. The van der Waals surface area contributed by atoms with Crippen molar-refractivity contribution in [2.24, 2.45) is 5.92 Å². The Bertz CT molecular complexity index is 1360. The Kier molecular flexibility index (Phi) is 7.36. The molecule has 8 heteroatoms. The molecule has 2 aromatic carbocycles. The molecule has 0 radical (unpaired) electrons. The topological polar surface area (TPSA) is 81.3 Å². The van der Waals surface area contributed by atoms with E-state index in [1.54, 1.807) is 4.57 Å². The molecule has 4 aromatic rings. The normalized spacial score (nSPS) is 11.7. The maximum Gasteiger partial charge on any atom is 0.262 e. The second-order valence-corrected chi connectivity index (χ2v) is 10.2. The second-order valence-electron chi connectivity index (χ2n) is 9.23. The number of hydrogen-bond donors (Lipinski definition) is 1. The second kappa shape index (κ2) is 10.4. The molecule has 0 aliphatic carbocycles. The fraction of sp³-hybridized carbons (Fsp3) is 0.385. The van der Waals surface area contributed by atoms with Crippen LogP contribution in [0.15, 0.2) is 53.3 Å². The third-order valence-corrected chi connectivity index (χ3v) is 6.76. The summed E-state index contributed by atoms with van der Waals surface area (Å²) in [6, 6.07) is 15.5. The zero-order valence-corrected chi connectivity index (χ0v) is 20.9. The number of para-hydroxylation sites is 1. The van der Waals surface area contributed by atoms with Crippen LogP contribution in [0.2, 0.25) is 0 Å². The van der Waals surface area contributed by atoms with Gasteiger partial charge in [-0.25, -0.2) is 0 Å². The fourth-order valence-electron chi connectivity index (χ4n) is 3.88. The number of benzene rings is 2. The number of fused-ring (bicyclic) bond motifs is 3. The summed E-state index contributed by atoms with van der Waals surface area (Å²) < 4.78 is 3.67. The van der Waals surface area contributed by atoms with E-state index in [1.165, 1.54) is 17.3 Å². The number of aryl methyl sites for hydroxylation is 1. The highest BCUT2D eigenvalue weighted by molar-refractivity contribution is 7.99. The minimum Gasteiger partial charge on any atom is -0.325 e. The molecule has 0 saturated carbocycles. The Morgan fingerprint density at radius 3 is 2.47 bits per heavy atom. The van der Waals surface area contributed by atoms with E-state index in [9.17, 15) is 9.59 Å². The number of carbonyl (C=O) groups excluding carboxylic acids is 1. The van der Waals surface area contributed by atoms with Crippen LogP contribution in [0.25, 0.3) is 16.7 Å². The van der Waals surface area contributed by atoms with Crippen molar-refractivity contribution in [2.75, 3.05) is 11.1 Å². The first-order chi connectivity index (χ1) is 16.3. The summed E-state index contributed by atoms with van der Waals surface area (Å²) in [6.07, 6.45) is 0.878. The molecule has 34 heavy (non-hydrogen) atoms. The van der Waals surface area contributed by atoms with Crippen molar-refractivity contribution in [2.45, 2.75) is 52.3 Å². The van der Waals surface area contributed by atoms with Crippen LogP contribution < -0.4 is 10.9 Å². The Labute approximate surface area is 203 Å². The number of nitrogens with zero attached hydrogens (tertiary/aromatic N) is 4. The van der Waals surface area contributed by atoms with Gasteiger partial charge in [-0.2, -0.15) is 0 Å². The highest BCUT2D eigenvalue weighted by atomic mass is 32.2. The monoisotopic (exact) mass is 477 g/mol. The largest absolute Gasteiger partial charge is 0.325 e. The van der Waals surface area contributed by atoms with Gasteiger partial charge in [-0.3, -0.25) is 18.6 Å². The first-order valence-electron chi connectivity index (χ1n) is 11.7. The first-order valence-corrected chi connectivity index (χ1v) is 12.8. The van der Waals surface area contributed by atoms with E-state index in [1.807, 2.05) is 52.9 Å². The van der Waals surface area contributed by atoms with Crippen LogP contribution in [0.4, 0.5) is 5.69 Å². The van der Waals surface area contributed by atoms with Crippen molar-refractivity contribution >= 4 is 40.0 Å². The number of carbonyl (C=O) groups is 1. The lowest BCUT2D eigenvalue weighted by Crippen LogP contribution is -2.24. The molecule has 0 unspecified atom stereocenters. The van der Waals surface area contributed by atoms with Crippen LogP contribution in [0.5, 0.6) is 0 Å². The van der Waals surface area contributed by atoms with Crippen LogP contribution in [-0.4, -0.2) is 30.8 Å². The Balaban J connectivity index is 1.51. The minimum absolute atomic E-state index is 0.0433. The molecule has 0 saturated heterocycles. The van der Waals surface area contributed by atoms with Gasteiger partial charge in [-0.1, -0.05) is 52.0 Å². The van der Waals surface area contributed by atoms with Gasteiger partial charge in [0, 0.05) is 12.2 Å². The Hall–Kier alpha value is -3.13. The van der Waals surface area contributed by atoms with E-state index < -0.39 is 0 Å². The van der Waals surface area contributed by atoms with Gasteiger partial charge < -0.3 is 5.32 Å². The van der Waals surface area contributed by atoms with E-state index in [4.69, 9.17) is 0 Å². The van der Waals surface area contributed by atoms with Gasteiger partial charge in [0.2, 0.25) is 11.7 Å². The third kappa shape index (κ3) is 5.17. The molecule has 1 amide bonds. The number of nitrogens with one attached hydrogen (secondary N) is 1. The van der Waals surface area contributed by atoms with Gasteiger partial charge in [0.15, 0.2) is 0 Å². The molecule has 7 nitrogen and oxygen atoms in total. The maximum atomic E-state index is 13.1. The molecule has 0 aliphatic heterocycles. The third-order valence-electron chi connectivity index (χ3n) is 5.83. The summed E-state index contributed by atoms with van der Waals surface area (Å²) in [7, 11) is 0. The molecule has 0 aliphatic rings. The van der Waals surface area contributed by atoms with E-state index in [0.717, 1.165) is 23.4 Å². The molecule has 0 fully saturated rings.